The number of fused-ring (bicyclic) bond motifs is 1. The number of benzene rings is 1. The first-order valence-electron chi connectivity index (χ1n) is 4.99. The normalized spacial score (nSPS) is 25.7. The highest BCUT2D eigenvalue weighted by atomic mass is 19.1. The van der Waals surface area contributed by atoms with Crippen LogP contribution >= 0.6 is 0 Å². The summed E-state index contributed by atoms with van der Waals surface area (Å²) < 4.78 is 13.0. The SMILES string of the molecule is CC(C#N)C1(O)CCc2cc(F)ccc21. The van der Waals surface area contributed by atoms with Crippen LogP contribution in [0.25, 0.3) is 0 Å². The first kappa shape index (κ1) is 10.1. The minimum atomic E-state index is -1.10. The minimum absolute atomic E-state index is 0.289. The molecular weight excluding hydrogens is 193 g/mol. The molecule has 0 aromatic heterocycles. The summed E-state index contributed by atoms with van der Waals surface area (Å²) in [6, 6.07) is 6.42. The third-order valence-electron chi connectivity index (χ3n) is 3.22. The van der Waals surface area contributed by atoms with Crippen molar-refractivity contribution in [3.63, 3.8) is 0 Å². The number of hydrogen-bond donors (Lipinski definition) is 1. The van der Waals surface area contributed by atoms with Crippen molar-refractivity contribution in [2.45, 2.75) is 25.4 Å². The molecule has 0 radical (unpaired) electrons. The van der Waals surface area contributed by atoms with Crippen molar-refractivity contribution in [3.8, 4) is 6.07 Å². The summed E-state index contributed by atoms with van der Waals surface area (Å²) in [5.41, 5.74) is 0.426. The third kappa shape index (κ3) is 1.42. The smallest absolute Gasteiger partial charge is 0.123 e. The first-order chi connectivity index (χ1) is 7.08. The van der Waals surface area contributed by atoms with Crippen molar-refractivity contribution in [1.29, 1.82) is 5.26 Å². The van der Waals surface area contributed by atoms with Gasteiger partial charge >= 0.3 is 0 Å². The van der Waals surface area contributed by atoms with Gasteiger partial charge < -0.3 is 5.11 Å². The number of hydrogen-bond acceptors (Lipinski definition) is 2. The van der Waals surface area contributed by atoms with Crippen LogP contribution in [0.5, 0.6) is 0 Å². The first-order valence-corrected chi connectivity index (χ1v) is 4.99. The maximum atomic E-state index is 13.0. The van der Waals surface area contributed by atoms with E-state index in [2.05, 4.69) is 6.07 Å². The van der Waals surface area contributed by atoms with Gasteiger partial charge in [0.05, 0.1) is 12.0 Å². The van der Waals surface area contributed by atoms with Gasteiger partial charge in [0.15, 0.2) is 0 Å². The van der Waals surface area contributed by atoms with Gasteiger partial charge in [0.25, 0.3) is 0 Å². The Hall–Kier alpha value is -1.40. The van der Waals surface area contributed by atoms with Crippen LogP contribution in [0, 0.1) is 23.1 Å². The van der Waals surface area contributed by atoms with Gasteiger partial charge in [0.2, 0.25) is 0 Å². The van der Waals surface area contributed by atoms with Crippen molar-refractivity contribution < 1.29 is 9.50 Å². The topological polar surface area (TPSA) is 44.0 Å². The van der Waals surface area contributed by atoms with Crippen LogP contribution < -0.4 is 0 Å². The van der Waals surface area contributed by atoms with E-state index >= 15 is 0 Å². The molecule has 15 heavy (non-hydrogen) atoms. The lowest BCUT2D eigenvalue weighted by molar-refractivity contribution is 0.00547. The zero-order valence-corrected chi connectivity index (χ0v) is 8.50. The Bertz CT molecular complexity index is 438. The lowest BCUT2D eigenvalue weighted by Gasteiger charge is -2.26. The minimum Gasteiger partial charge on any atom is -0.384 e. The Labute approximate surface area is 88.0 Å². The maximum Gasteiger partial charge on any atom is 0.123 e. The summed E-state index contributed by atoms with van der Waals surface area (Å²) in [5, 5.41) is 19.2. The highest BCUT2D eigenvalue weighted by Gasteiger charge is 2.41. The van der Waals surface area contributed by atoms with Crippen LogP contribution in [0.4, 0.5) is 4.39 Å². The van der Waals surface area contributed by atoms with Crippen LogP contribution in [0.3, 0.4) is 0 Å². The maximum absolute atomic E-state index is 13.0. The molecule has 1 aliphatic carbocycles. The van der Waals surface area contributed by atoms with Gasteiger partial charge in [-0.2, -0.15) is 5.26 Å². The molecule has 2 rings (SSSR count). The third-order valence-corrected chi connectivity index (χ3v) is 3.22. The Balaban J connectivity index is 2.49. The average molecular weight is 205 g/mol. The van der Waals surface area contributed by atoms with Gasteiger partial charge in [0.1, 0.15) is 11.4 Å². The second-order valence-electron chi connectivity index (χ2n) is 4.08. The molecule has 1 N–H and O–H groups in total. The molecule has 3 heteroatoms. The van der Waals surface area contributed by atoms with E-state index in [9.17, 15) is 9.50 Å². The molecule has 0 saturated heterocycles. The molecule has 2 nitrogen and oxygen atoms in total. The summed E-state index contributed by atoms with van der Waals surface area (Å²) >= 11 is 0. The van der Waals surface area contributed by atoms with E-state index in [0.29, 0.717) is 18.4 Å². The summed E-state index contributed by atoms with van der Waals surface area (Å²) in [6.45, 7) is 1.69. The Morgan fingerprint density at radius 1 is 1.60 bits per heavy atom. The van der Waals surface area contributed by atoms with E-state index in [1.807, 2.05) is 0 Å². The largest absolute Gasteiger partial charge is 0.384 e. The molecular formula is C12H12FNO. The van der Waals surface area contributed by atoms with Crippen LogP contribution in [0.1, 0.15) is 24.5 Å². The molecule has 0 aliphatic heterocycles. The van der Waals surface area contributed by atoms with E-state index in [-0.39, 0.29) is 5.82 Å². The highest BCUT2D eigenvalue weighted by Crippen LogP contribution is 2.42. The lowest BCUT2D eigenvalue weighted by Crippen LogP contribution is -2.29. The predicted octanol–water partition coefficient (Wildman–Crippen LogP) is 2.12. The van der Waals surface area contributed by atoms with Crippen molar-refractivity contribution >= 4 is 0 Å². The average Bonchev–Trinajstić information content (AvgIpc) is 2.56. The Morgan fingerprint density at radius 3 is 3.00 bits per heavy atom. The van der Waals surface area contributed by atoms with Crippen LogP contribution in [-0.2, 0) is 12.0 Å². The lowest BCUT2D eigenvalue weighted by atomic mass is 9.84. The molecule has 1 aromatic carbocycles. The summed E-state index contributed by atoms with van der Waals surface area (Å²) in [6.07, 6.45) is 1.14. The fraction of sp³-hybridized carbons (Fsp3) is 0.417. The van der Waals surface area contributed by atoms with Crippen molar-refractivity contribution in [2.75, 3.05) is 0 Å². The highest BCUT2D eigenvalue weighted by molar-refractivity contribution is 5.39. The fourth-order valence-corrected chi connectivity index (χ4v) is 2.21. The second-order valence-corrected chi connectivity index (χ2v) is 4.08. The summed E-state index contributed by atoms with van der Waals surface area (Å²) in [4.78, 5) is 0. The van der Waals surface area contributed by atoms with Gasteiger partial charge in [-0.1, -0.05) is 6.07 Å². The second kappa shape index (κ2) is 3.32. The van der Waals surface area contributed by atoms with E-state index in [1.165, 1.54) is 12.1 Å². The molecule has 0 heterocycles. The number of aliphatic hydroxyl groups is 1. The van der Waals surface area contributed by atoms with E-state index in [4.69, 9.17) is 5.26 Å². The number of nitrogens with zero attached hydrogens (tertiary/aromatic N) is 1. The zero-order valence-electron chi connectivity index (χ0n) is 8.50. The number of rotatable bonds is 1. The van der Waals surface area contributed by atoms with Crippen LogP contribution in [-0.4, -0.2) is 5.11 Å². The quantitative estimate of drug-likeness (QED) is 0.763. The summed E-state index contributed by atoms with van der Waals surface area (Å²) in [5.74, 6) is -0.758. The van der Waals surface area contributed by atoms with E-state index in [1.54, 1.807) is 13.0 Å². The summed E-state index contributed by atoms with van der Waals surface area (Å²) in [7, 11) is 0. The molecule has 0 amide bonds. The molecule has 0 fully saturated rings. The monoisotopic (exact) mass is 205 g/mol. The molecule has 0 bridgehead atoms. The molecule has 1 aliphatic rings. The molecule has 2 atom stereocenters. The number of aryl methyl sites for hydroxylation is 1. The Kier molecular flexibility index (Phi) is 2.24. The molecule has 78 valence electrons. The van der Waals surface area contributed by atoms with Gasteiger partial charge in [0, 0.05) is 0 Å². The molecule has 0 spiro atoms. The standard InChI is InChI=1S/C12H12FNO/c1-8(7-14)12(15)5-4-9-6-10(13)2-3-11(9)12/h2-3,6,8,15H,4-5H2,1H3. The van der Waals surface area contributed by atoms with Crippen LogP contribution in [0.2, 0.25) is 0 Å². The van der Waals surface area contributed by atoms with Crippen molar-refractivity contribution in [3.05, 3.63) is 35.1 Å². The van der Waals surface area contributed by atoms with Gasteiger partial charge in [-0.3, -0.25) is 0 Å². The molecule has 1 aromatic rings. The van der Waals surface area contributed by atoms with E-state index < -0.39 is 11.5 Å². The van der Waals surface area contributed by atoms with Crippen LogP contribution in [0.15, 0.2) is 18.2 Å². The van der Waals surface area contributed by atoms with Gasteiger partial charge in [-0.25, -0.2) is 4.39 Å². The van der Waals surface area contributed by atoms with Crippen molar-refractivity contribution in [1.82, 2.24) is 0 Å². The number of nitriles is 1. The van der Waals surface area contributed by atoms with Crippen molar-refractivity contribution in [2.24, 2.45) is 5.92 Å². The van der Waals surface area contributed by atoms with Gasteiger partial charge in [-0.15, -0.1) is 0 Å². The zero-order chi connectivity index (χ0) is 11.1. The number of halogens is 1. The fourth-order valence-electron chi connectivity index (χ4n) is 2.21. The van der Waals surface area contributed by atoms with Gasteiger partial charge in [-0.05, 0) is 43.0 Å². The predicted molar refractivity (Wildman–Crippen MR) is 53.4 cm³/mol. The molecule has 2 unspecified atom stereocenters. The Morgan fingerprint density at radius 2 is 2.33 bits per heavy atom. The molecule has 0 saturated carbocycles. The van der Waals surface area contributed by atoms with E-state index in [0.717, 1.165) is 5.56 Å².